The van der Waals surface area contributed by atoms with Crippen molar-refractivity contribution in [1.29, 1.82) is 0 Å². The lowest BCUT2D eigenvalue weighted by atomic mass is 10.2. The highest BCUT2D eigenvalue weighted by molar-refractivity contribution is 5.86. The molecule has 1 heterocycles. The van der Waals surface area contributed by atoms with E-state index in [9.17, 15) is 9.59 Å². The standard InChI is InChI=1S/C13H15NO4/c1-9-4-6-10(7-5-9)17-13(16)18-12(15)11-3-2-8-14-11/h4-7,11,14H,2-3,8H2,1H3/t11-/m0/s1. The van der Waals surface area contributed by atoms with E-state index in [1.165, 1.54) is 0 Å². The molecule has 1 N–H and O–H groups in total. The molecule has 1 aromatic carbocycles. The van der Waals surface area contributed by atoms with E-state index in [2.05, 4.69) is 10.1 Å². The number of ether oxygens (including phenoxy) is 2. The third-order valence-electron chi connectivity index (χ3n) is 2.75. The Labute approximate surface area is 105 Å². The van der Waals surface area contributed by atoms with E-state index in [0.717, 1.165) is 18.5 Å². The van der Waals surface area contributed by atoms with Crippen molar-refractivity contribution in [3.8, 4) is 5.75 Å². The van der Waals surface area contributed by atoms with E-state index in [1.54, 1.807) is 12.1 Å². The Morgan fingerprint density at radius 1 is 1.28 bits per heavy atom. The van der Waals surface area contributed by atoms with Crippen molar-refractivity contribution in [2.45, 2.75) is 25.8 Å². The zero-order valence-corrected chi connectivity index (χ0v) is 10.1. The molecular formula is C13H15NO4. The van der Waals surface area contributed by atoms with Crippen LogP contribution in [0.5, 0.6) is 5.75 Å². The Morgan fingerprint density at radius 2 is 2.00 bits per heavy atom. The van der Waals surface area contributed by atoms with Crippen molar-refractivity contribution in [1.82, 2.24) is 5.32 Å². The van der Waals surface area contributed by atoms with Crippen molar-refractivity contribution in [2.75, 3.05) is 6.54 Å². The molecule has 0 unspecified atom stereocenters. The minimum Gasteiger partial charge on any atom is -0.395 e. The van der Waals surface area contributed by atoms with Gasteiger partial charge in [-0.3, -0.25) is 0 Å². The maximum atomic E-state index is 11.5. The molecule has 0 aliphatic carbocycles. The van der Waals surface area contributed by atoms with Crippen LogP contribution in [-0.2, 0) is 9.53 Å². The predicted octanol–water partition coefficient (Wildman–Crippen LogP) is 1.79. The lowest BCUT2D eigenvalue weighted by Crippen LogP contribution is -2.34. The average Bonchev–Trinajstić information content (AvgIpc) is 2.85. The number of benzene rings is 1. The fourth-order valence-corrected chi connectivity index (χ4v) is 1.76. The van der Waals surface area contributed by atoms with Crippen molar-refractivity contribution in [3.63, 3.8) is 0 Å². The van der Waals surface area contributed by atoms with Gasteiger partial charge in [-0.1, -0.05) is 17.7 Å². The second-order valence-electron chi connectivity index (χ2n) is 4.24. The smallest absolute Gasteiger partial charge is 0.395 e. The van der Waals surface area contributed by atoms with E-state index in [-0.39, 0.29) is 0 Å². The van der Waals surface area contributed by atoms with Gasteiger partial charge in [-0.2, -0.15) is 0 Å². The number of aryl methyl sites for hydroxylation is 1. The van der Waals surface area contributed by atoms with Crippen LogP contribution in [0.3, 0.4) is 0 Å². The van der Waals surface area contributed by atoms with Crippen LogP contribution in [0.1, 0.15) is 18.4 Å². The molecule has 2 rings (SSSR count). The van der Waals surface area contributed by atoms with Crippen molar-refractivity contribution in [3.05, 3.63) is 29.8 Å². The minimum atomic E-state index is -0.988. The first-order valence-electron chi connectivity index (χ1n) is 5.89. The van der Waals surface area contributed by atoms with Crippen LogP contribution in [0.2, 0.25) is 0 Å². The molecule has 18 heavy (non-hydrogen) atoms. The summed E-state index contributed by atoms with van der Waals surface area (Å²) in [6.45, 7) is 2.70. The summed E-state index contributed by atoms with van der Waals surface area (Å²) in [6.07, 6.45) is 0.612. The number of carbonyl (C=O) groups excluding carboxylic acids is 2. The van der Waals surface area contributed by atoms with Gasteiger partial charge in [-0.25, -0.2) is 9.59 Å². The molecular weight excluding hydrogens is 234 g/mol. The van der Waals surface area contributed by atoms with Gasteiger partial charge in [0, 0.05) is 0 Å². The van der Waals surface area contributed by atoms with Crippen molar-refractivity contribution >= 4 is 12.1 Å². The second-order valence-corrected chi connectivity index (χ2v) is 4.24. The number of hydrogen-bond acceptors (Lipinski definition) is 5. The first kappa shape index (κ1) is 12.6. The van der Waals surface area contributed by atoms with Crippen molar-refractivity contribution in [2.24, 2.45) is 0 Å². The molecule has 0 amide bonds. The quantitative estimate of drug-likeness (QED) is 0.492. The molecule has 0 spiro atoms. The van der Waals surface area contributed by atoms with Crippen molar-refractivity contribution < 1.29 is 19.1 Å². The summed E-state index contributed by atoms with van der Waals surface area (Å²) in [5.41, 5.74) is 1.06. The third kappa shape index (κ3) is 3.30. The summed E-state index contributed by atoms with van der Waals surface area (Å²) in [5, 5.41) is 2.95. The number of nitrogens with one attached hydrogen (secondary N) is 1. The summed E-state index contributed by atoms with van der Waals surface area (Å²) < 4.78 is 9.50. The molecule has 1 saturated heterocycles. The van der Waals surface area contributed by atoms with Gasteiger partial charge in [0.15, 0.2) is 0 Å². The van der Waals surface area contributed by atoms with E-state index in [4.69, 9.17) is 4.74 Å². The fraction of sp³-hybridized carbons (Fsp3) is 0.385. The summed E-state index contributed by atoms with van der Waals surface area (Å²) in [7, 11) is 0. The van der Waals surface area contributed by atoms with Gasteiger partial charge in [-0.15, -0.1) is 0 Å². The number of rotatable bonds is 2. The average molecular weight is 249 g/mol. The van der Waals surface area contributed by atoms with Gasteiger partial charge >= 0.3 is 12.1 Å². The Hall–Kier alpha value is -1.88. The maximum Gasteiger partial charge on any atom is 0.521 e. The fourth-order valence-electron chi connectivity index (χ4n) is 1.76. The third-order valence-corrected chi connectivity index (χ3v) is 2.75. The highest BCUT2D eigenvalue weighted by atomic mass is 16.7. The Balaban J connectivity index is 1.84. The first-order valence-corrected chi connectivity index (χ1v) is 5.89. The van der Waals surface area contributed by atoms with Crippen LogP contribution >= 0.6 is 0 Å². The Bertz CT molecular complexity index is 435. The largest absolute Gasteiger partial charge is 0.521 e. The number of hydrogen-bond donors (Lipinski definition) is 1. The molecule has 0 radical (unpaired) electrons. The molecule has 1 aliphatic rings. The molecule has 5 heteroatoms. The van der Waals surface area contributed by atoms with Crippen LogP contribution in [0.4, 0.5) is 4.79 Å². The van der Waals surface area contributed by atoms with Gasteiger partial charge in [0.2, 0.25) is 0 Å². The van der Waals surface area contributed by atoms with Gasteiger partial charge in [0.1, 0.15) is 11.8 Å². The molecule has 1 aliphatic heterocycles. The number of carbonyl (C=O) groups is 2. The van der Waals surface area contributed by atoms with E-state index >= 15 is 0 Å². The molecule has 1 aromatic rings. The minimum absolute atomic E-state index is 0.359. The molecule has 5 nitrogen and oxygen atoms in total. The molecule has 0 saturated carbocycles. The first-order chi connectivity index (χ1) is 8.65. The monoisotopic (exact) mass is 249 g/mol. The highest BCUT2D eigenvalue weighted by Crippen LogP contribution is 2.13. The molecule has 0 bridgehead atoms. The summed E-state index contributed by atoms with van der Waals surface area (Å²) in [4.78, 5) is 22.9. The Kier molecular flexibility index (Phi) is 3.94. The molecule has 1 atom stereocenters. The second kappa shape index (κ2) is 5.64. The summed E-state index contributed by atoms with van der Waals surface area (Å²) in [5.74, 6) is -0.220. The summed E-state index contributed by atoms with van der Waals surface area (Å²) in [6, 6.07) is 6.52. The number of esters is 1. The summed E-state index contributed by atoms with van der Waals surface area (Å²) >= 11 is 0. The lowest BCUT2D eigenvalue weighted by molar-refractivity contribution is -0.140. The molecule has 1 fully saturated rings. The molecule has 96 valence electrons. The Morgan fingerprint density at radius 3 is 2.61 bits per heavy atom. The zero-order valence-electron chi connectivity index (χ0n) is 10.1. The van der Waals surface area contributed by atoms with Crippen LogP contribution in [0.15, 0.2) is 24.3 Å². The van der Waals surface area contributed by atoms with Gasteiger partial charge < -0.3 is 14.8 Å². The van der Waals surface area contributed by atoms with Crippen LogP contribution in [0, 0.1) is 6.92 Å². The zero-order chi connectivity index (χ0) is 13.0. The predicted molar refractivity (Wildman–Crippen MR) is 64.3 cm³/mol. The SMILES string of the molecule is Cc1ccc(OC(=O)OC(=O)[C@@H]2CCCN2)cc1. The van der Waals surface area contributed by atoms with E-state index in [1.807, 2.05) is 19.1 Å². The van der Waals surface area contributed by atoms with Crippen LogP contribution in [-0.4, -0.2) is 24.7 Å². The van der Waals surface area contributed by atoms with E-state index in [0.29, 0.717) is 12.2 Å². The highest BCUT2D eigenvalue weighted by Gasteiger charge is 2.26. The van der Waals surface area contributed by atoms with Gasteiger partial charge in [0.05, 0.1) is 0 Å². The molecule has 0 aromatic heterocycles. The van der Waals surface area contributed by atoms with E-state index < -0.39 is 18.2 Å². The normalized spacial score (nSPS) is 18.4. The van der Waals surface area contributed by atoms with Gasteiger partial charge in [-0.05, 0) is 38.4 Å². The van der Waals surface area contributed by atoms with Gasteiger partial charge in [0.25, 0.3) is 0 Å². The van der Waals surface area contributed by atoms with Crippen LogP contribution < -0.4 is 10.1 Å². The lowest BCUT2D eigenvalue weighted by Gasteiger charge is -2.08. The van der Waals surface area contributed by atoms with Crippen LogP contribution in [0.25, 0.3) is 0 Å². The topological polar surface area (TPSA) is 64.6 Å². The maximum absolute atomic E-state index is 11.5.